The first kappa shape index (κ1) is 14.8. The summed E-state index contributed by atoms with van der Waals surface area (Å²) in [5.74, 6) is -0.562. The Hall–Kier alpha value is -1.63. The minimum Gasteiger partial charge on any atom is -0.351 e. The summed E-state index contributed by atoms with van der Waals surface area (Å²) in [5.41, 5.74) is -0.889. The van der Waals surface area contributed by atoms with E-state index in [1.165, 1.54) is 12.1 Å². The first-order valence-corrected chi connectivity index (χ1v) is 6.18. The molecule has 0 bridgehead atoms. The highest BCUT2D eigenvalue weighted by Gasteiger charge is 2.31. The zero-order chi connectivity index (χ0) is 14.8. The van der Waals surface area contributed by atoms with Crippen molar-refractivity contribution in [3.8, 4) is 0 Å². The fraction of sp³-hybridized carbons (Fsp3) is 0.462. The van der Waals surface area contributed by atoms with Crippen LogP contribution in [0.5, 0.6) is 0 Å². The van der Waals surface area contributed by atoms with Crippen LogP contribution in [0.1, 0.15) is 15.9 Å². The molecule has 1 fully saturated rings. The minimum absolute atomic E-state index is 0.0354. The molecule has 3 nitrogen and oxygen atoms in total. The van der Waals surface area contributed by atoms with Crippen molar-refractivity contribution in [1.82, 2.24) is 10.2 Å². The SMILES string of the molecule is O=C(NCCN1CC(F)C1)c1cccc(C(F)(F)F)c1. The zero-order valence-corrected chi connectivity index (χ0v) is 10.6. The number of benzene rings is 1. The van der Waals surface area contributed by atoms with Crippen LogP contribution in [0, 0.1) is 0 Å². The van der Waals surface area contributed by atoms with Gasteiger partial charge < -0.3 is 5.32 Å². The molecule has 1 aliphatic rings. The van der Waals surface area contributed by atoms with E-state index in [4.69, 9.17) is 0 Å². The van der Waals surface area contributed by atoms with E-state index in [9.17, 15) is 22.4 Å². The number of nitrogens with zero attached hydrogens (tertiary/aromatic N) is 1. The molecule has 1 saturated heterocycles. The van der Waals surface area contributed by atoms with Crippen molar-refractivity contribution in [3.05, 3.63) is 35.4 Å². The third-order valence-corrected chi connectivity index (χ3v) is 3.08. The lowest BCUT2D eigenvalue weighted by atomic mass is 10.1. The Morgan fingerprint density at radius 1 is 1.35 bits per heavy atom. The van der Waals surface area contributed by atoms with E-state index in [2.05, 4.69) is 5.32 Å². The maximum Gasteiger partial charge on any atom is 0.416 e. The van der Waals surface area contributed by atoms with Gasteiger partial charge >= 0.3 is 6.18 Å². The molecule has 1 N–H and O–H groups in total. The molecule has 1 aliphatic heterocycles. The zero-order valence-electron chi connectivity index (χ0n) is 10.6. The number of rotatable bonds is 4. The number of nitrogens with one attached hydrogen (secondary N) is 1. The van der Waals surface area contributed by atoms with Gasteiger partial charge in [-0.25, -0.2) is 4.39 Å². The molecule has 0 aromatic heterocycles. The van der Waals surface area contributed by atoms with Crippen LogP contribution >= 0.6 is 0 Å². The molecule has 1 amide bonds. The van der Waals surface area contributed by atoms with E-state index < -0.39 is 23.8 Å². The van der Waals surface area contributed by atoms with Gasteiger partial charge in [0.05, 0.1) is 5.56 Å². The Balaban J connectivity index is 1.86. The molecule has 1 heterocycles. The number of halogens is 4. The summed E-state index contributed by atoms with van der Waals surface area (Å²) < 4.78 is 50.1. The fourth-order valence-corrected chi connectivity index (χ4v) is 1.96. The second-order valence-corrected chi connectivity index (χ2v) is 4.69. The molecule has 0 unspecified atom stereocenters. The van der Waals surface area contributed by atoms with Crippen LogP contribution in [0.15, 0.2) is 24.3 Å². The van der Waals surface area contributed by atoms with Gasteiger partial charge in [-0.2, -0.15) is 13.2 Å². The first-order chi connectivity index (χ1) is 9.36. The smallest absolute Gasteiger partial charge is 0.351 e. The van der Waals surface area contributed by atoms with Crippen molar-refractivity contribution >= 4 is 5.91 Å². The van der Waals surface area contributed by atoms with Crippen molar-refractivity contribution < 1.29 is 22.4 Å². The van der Waals surface area contributed by atoms with Gasteiger partial charge in [-0.05, 0) is 18.2 Å². The molecule has 0 aliphatic carbocycles. The summed E-state index contributed by atoms with van der Waals surface area (Å²) >= 11 is 0. The van der Waals surface area contributed by atoms with E-state index in [-0.39, 0.29) is 12.1 Å². The summed E-state index contributed by atoms with van der Waals surface area (Å²) in [6, 6.07) is 4.25. The average molecular weight is 290 g/mol. The predicted molar refractivity (Wildman–Crippen MR) is 65.1 cm³/mol. The van der Waals surface area contributed by atoms with Gasteiger partial charge in [0.1, 0.15) is 6.17 Å². The Morgan fingerprint density at radius 3 is 2.65 bits per heavy atom. The van der Waals surface area contributed by atoms with Crippen LogP contribution in [0.3, 0.4) is 0 Å². The predicted octanol–water partition coefficient (Wildman–Crippen LogP) is 2.09. The molecule has 7 heteroatoms. The fourth-order valence-electron chi connectivity index (χ4n) is 1.96. The molecular formula is C13H14F4N2O. The normalized spacial score (nSPS) is 16.8. The van der Waals surface area contributed by atoms with E-state index in [0.29, 0.717) is 19.6 Å². The number of hydrogen-bond acceptors (Lipinski definition) is 2. The molecule has 1 aromatic rings. The van der Waals surface area contributed by atoms with E-state index >= 15 is 0 Å². The second kappa shape index (κ2) is 5.78. The summed E-state index contributed by atoms with van der Waals surface area (Å²) in [7, 11) is 0. The molecule has 1 aromatic carbocycles. The third kappa shape index (κ3) is 3.69. The second-order valence-electron chi connectivity index (χ2n) is 4.69. The summed E-state index contributed by atoms with van der Waals surface area (Å²) in [5, 5.41) is 2.52. The minimum atomic E-state index is -4.47. The van der Waals surface area contributed by atoms with Gasteiger partial charge in [-0.1, -0.05) is 6.07 Å². The van der Waals surface area contributed by atoms with Gasteiger partial charge in [0.25, 0.3) is 5.91 Å². The lowest BCUT2D eigenvalue weighted by molar-refractivity contribution is -0.137. The van der Waals surface area contributed by atoms with Crippen LogP contribution in [-0.2, 0) is 6.18 Å². The maximum atomic E-state index is 12.5. The topological polar surface area (TPSA) is 32.3 Å². The van der Waals surface area contributed by atoms with E-state index in [1.54, 1.807) is 0 Å². The standard InChI is InChI=1S/C13H14F4N2O/c14-11-7-19(8-11)5-4-18-12(20)9-2-1-3-10(6-9)13(15,16)17/h1-3,6,11H,4-5,7-8H2,(H,18,20). The Kier molecular flexibility index (Phi) is 4.27. The van der Waals surface area contributed by atoms with Crippen molar-refractivity contribution in [2.75, 3.05) is 26.2 Å². The Labute approximate surface area is 113 Å². The van der Waals surface area contributed by atoms with Crippen LogP contribution in [0.25, 0.3) is 0 Å². The van der Waals surface area contributed by atoms with Crippen molar-refractivity contribution in [2.24, 2.45) is 0 Å². The Bertz CT molecular complexity index is 484. The number of amides is 1. The highest BCUT2D eigenvalue weighted by Crippen LogP contribution is 2.29. The third-order valence-electron chi connectivity index (χ3n) is 3.08. The highest BCUT2D eigenvalue weighted by molar-refractivity contribution is 5.94. The van der Waals surface area contributed by atoms with Crippen LogP contribution in [0.2, 0.25) is 0 Å². The monoisotopic (exact) mass is 290 g/mol. The summed E-state index contributed by atoms with van der Waals surface area (Å²) in [6.07, 6.45) is -5.28. The van der Waals surface area contributed by atoms with Gasteiger partial charge in [0.15, 0.2) is 0 Å². The largest absolute Gasteiger partial charge is 0.416 e. The van der Waals surface area contributed by atoms with E-state index in [1.807, 2.05) is 4.90 Å². The molecule has 110 valence electrons. The number of carbonyl (C=O) groups excluding carboxylic acids is 1. The quantitative estimate of drug-likeness (QED) is 0.861. The van der Waals surface area contributed by atoms with Crippen LogP contribution in [-0.4, -0.2) is 43.2 Å². The van der Waals surface area contributed by atoms with Gasteiger partial charge in [-0.3, -0.25) is 9.69 Å². The number of carbonyl (C=O) groups is 1. The number of likely N-dealkylation sites (tertiary alicyclic amines) is 1. The van der Waals surface area contributed by atoms with E-state index in [0.717, 1.165) is 12.1 Å². The Morgan fingerprint density at radius 2 is 2.05 bits per heavy atom. The van der Waals surface area contributed by atoms with Crippen LogP contribution in [0.4, 0.5) is 17.6 Å². The van der Waals surface area contributed by atoms with Crippen molar-refractivity contribution in [2.45, 2.75) is 12.3 Å². The van der Waals surface area contributed by atoms with Crippen molar-refractivity contribution in [1.29, 1.82) is 0 Å². The maximum absolute atomic E-state index is 12.5. The van der Waals surface area contributed by atoms with Gasteiger partial charge in [0, 0.05) is 31.7 Å². The highest BCUT2D eigenvalue weighted by atomic mass is 19.4. The molecule has 20 heavy (non-hydrogen) atoms. The van der Waals surface area contributed by atoms with Gasteiger partial charge in [0.2, 0.25) is 0 Å². The summed E-state index contributed by atoms with van der Waals surface area (Å²) in [6.45, 7) is 1.46. The molecule has 0 radical (unpaired) electrons. The van der Waals surface area contributed by atoms with Gasteiger partial charge in [-0.15, -0.1) is 0 Å². The molecule has 0 saturated carbocycles. The average Bonchev–Trinajstić information content (AvgIpc) is 2.35. The molecule has 0 spiro atoms. The lowest BCUT2D eigenvalue weighted by Gasteiger charge is -2.34. The number of hydrogen-bond donors (Lipinski definition) is 1. The molecule has 0 atom stereocenters. The van der Waals surface area contributed by atoms with Crippen LogP contribution < -0.4 is 5.32 Å². The molecular weight excluding hydrogens is 276 g/mol. The van der Waals surface area contributed by atoms with Crippen molar-refractivity contribution in [3.63, 3.8) is 0 Å². The first-order valence-electron chi connectivity index (χ1n) is 6.18. The number of alkyl halides is 4. The molecule has 2 rings (SSSR count). The lowest BCUT2D eigenvalue weighted by Crippen LogP contribution is -2.50. The summed E-state index contributed by atoms with van der Waals surface area (Å²) in [4.78, 5) is 13.5.